The summed E-state index contributed by atoms with van der Waals surface area (Å²) in [6.45, 7) is 0.194. The van der Waals surface area contributed by atoms with Crippen LogP contribution in [-0.4, -0.2) is 28.8 Å². The number of rotatable bonds is 6. The average molecular weight is 372 g/mol. The number of amides is 1. The number of aliphatic hydroxyl groups excluding tert-OH is 1. The van der Waals surface area contributed by atoms with Gasteiger partial charge in [0.1, 0.15) is 11.5 Å². The zero-order valence-corrected chi connectivity index (χ0v) is 14.5. The van der Waals surface area contributed by atoms with Crippen LogP contribution in [0.1, 0.15) is 19.3 Å². The second-order valence-electron chi connectivity index (χ2n) is 6.39. The molecule has 8 nitrogen and oxygen atoms in total. The molecule has 1 aliphatic rings. The first kappa shape index (κ1) is 18.7. The lowest BCUT2D eigenvalue weighted by atomic mass is 10.1. The topological polar surface area (TPSA) is 111 Å². The van der Waals surface area contributed by atoms with Crippen molar-refractivity contribution in [1.29, 1.82) is 0 Å². The summed E-state index contributed by atoms with van der Waals surface area (Å²) >= 11 is 0. The van der Waals surface area contributed by atoms with Gasteiger partial charge < -0.3 is 14.6 Å². The Labute approximate surface area is 155 Å². The van der Waals surface area contributed by atoms with Crippen LogP contribution in [0.15, 0.2) is 48.5 Å². The Kier molecular flexibility index (Phi) is 5.87. The molecule has 3 rings (SSSR count). The van der Waals surface area contributed by atoms with Gasteiger partial charge in [-0.1, -0.05) is 0 Å². The molecule has 0 radical (unpaired) electrons. The molecular formula is C19H20N2O6. The third kappa shape index (κ3) is 5.18. The van der Waals surface area contributed by atoms with Crippen molar-refractivity contribution in [3.8, 4) is 11.5 Å². The lowest BCUT2D eigenvalue weighted by Gasteiger charge is -2.14. The normalized spacial score (nSPS) is 18.7. The van der Waals surface area contributed by atoms with E-state index in [0.29, 0.717) is 17.4 Å². The van der Waals surface area contributed by atoms with Crippen molar-refractivity contribution in [2.24, 2.45) is 5.92 Å². The number of nitrogens with one attached hydrogen (secondary N) is 1. The Morgan fingerprint density at radius 2 is 1.78 bits per heavy atom. The molecule has 27 heavy (non-hydrogen) atoms. The number of aliphatic hydroxyl groups is 1. The summed E-state index contributed by atoms with van der Waals surface area (Å²) in [5.74, 6) is 1.22. The maximum atomic E-state index is 11.9. The fourth-order valence-corrected chi connectivity index (χ4v) is 3.00. The number of carbonyl (C=O) groups is 1. The highest BCUT2D eigenvalue weighted by molar-refractivity contribution is 5.86. The molecule has 2 aromatic carbocycles. The summed E-state index contributed by atoms with van der Waals surface area (Å²) in [5, 5.41) is 22.4. The Hall–Kier alpha value is -3.13. The van der Waals surface area contributed by atoms with Gasteiger partial charge in [-0.05, 0) is 61.6 Å². The van der Waals surface area contributed by atoms with Crippen LogP contribution < -0.4 is 14.8 Å². The molecule has 0 aliphatic heterocycles. The van der Waals surface area contributed by atoms with E-state index in [-0.39, 0.29) is 24.1 Å². The Balaban J connectivity index is 1.50. The molecule has 0 spiro atoms. The van der Waals surface area contributed by atoms with Crippen molar-refractivity contribution in [3.63, 3.8) is 0 Å². The molecule has 0 bridgehead atoms. The number of ether oxygens (including phenoxy) is 2. The van der Waals surface area contributed by atoms with Crippen LogP contribution in [0.4, 0.5) is 16.2 Å². The van der Waals surface area contributed by atoms with E-state index in [1.165, 1.54) is 24.3 Å². The van der Waals surface area contributed by atoms with E-state index >= 15 is 0 Å². The second kappa shape index (κ2) is 8.50. The van der Waals surface area contributed by atoms with Gasteiger partial charge in [0.2, 0.25) is 0 Å². The standard InChI is InChI=1S/C19H20N2O6/c22-12-13-1-6-18(11-13)26-16-7-2-14(3-8-16)20-19(23)27-17-9-4-15(5-10-17)21(24)25/h2-5,7-10,13,18,22H,1,6,11-12H2,(H,20,23)/t13-,18-/m0/s1. The molecule has 0 heterocycles. The number of hydrogen-bond donors (Lipinski definition) is 2. The van der Waals surface area contributed by atoms with E-state index in [9.17, 15) is 20.0 Å². The SMILES string of the molecule is O=C(Nc1ccc(O[C@H]2CC[C@H](CO)C2)cc1)Oc1ccc([N+](=O)[O-])cc1. The van der Waals surface area contributed by atoms with Gasteiger partial charge in [0.25, 0.3) is 5.69 Å². The molecule has 0 aromatic heterocycles. The predicted octanol–water partition coefficient (Wildman–Crippen LogP) is 3.75. The van der Waals surface area contributed by atoms with Crippen LogP contribution in [0.3, 0.4) is 0 Å². The number of nitro benzene ring substituents is 1. The number of benzene rings is 2. The summed E-state index contributed by atoms with van der Waals surface area (Å²) in [7, 11) is 0. The number of anilines is 1. The van der Waals surface area contributed by atoms with Crippen LogP contribution >= 0.6 is 0 Å². The Morgan fingerprint density at radius 3 is 2.37 bits per heavy atom. The smallest absolute Gasteiger partial charge is 0.417 e. The van der Waals surface area contributed by atoms with E-state index in [2.05, 4.69) is 5.32 Å². The third-order valence-electron chi connectivity index (χ3n) is 4.41. The molecule has 1 fully saturated rings. The van der Waals surface area contributed by atoms with Gasteiger partial charge >= 0.3 is 6.09 Å². The molecule has 2 aromatic rings. The van der Waals surface area contributed by atoms with Crippen molar-refractivity contribution in [1.82, 2.24) is 0 Å². The minimum absolute atomic E-state index is 0.0779. The van der Waals surface area contributed by atoms with Crippen LogP contribution in [0.25, 0.3) is 0 Å². The zero-order chi connectivity index (χ0) is 19.2. The molecule has 142 valence electrons. The summed E-state index contributed by atoms with van der Waals surface area (Å²) in [6.07, 6.45) is 2.15. The highest BCUT2D eigenvalue weighted by Gasteiger charge is 2.25. The van der Waals surface area contributed by atoms with Crippen LogP contribution in [0, 0.1) is 16.0 Å². The molecule has 0 unspecified atom stereocenters. The largest absolute Gasteiger partial charge is 0.490 e. The van der Waals surface area contributed by atoms with E-state index in [1.807, 2.05) is 0 Å². The number of non-ortho nitro benzene ring substituents is 1. The highest BCUT2D eigenvalue weighted by atomic mass is 16.6. The summed E-state index contributed by atoms with van der Waals surface area (Å²) in [5.41, 5.74) is 0.458. The zero-order valence-electron chi connectivity index (χ0n) is 14.5. The van der Waals surface area contributed by atoms with Crippen molar-refractivity contribution < 1.29 is 24.3 Å². The van der Waals surface area contributed by atoms with Crippen molar-refractivity contribution >= 4 is 17.5 Å². The fourth-order valence-electron chi connectivity index (χ4n) is 3.00. The van der Waals surface area contributed by atoms with Crippen molar-refractivity contribution in [3.05, 3.63) is 58.6 Å². The van der Waals surface area contributed by atoms with E-state index in [4.69, 9.17) is 9.47 Å². The average Bonchev–Trinajstić information content (AvgIpc) is 3.11. The van der Waals surface area contributed by atoms with Gasteiger partial charge in [-0.3, -0.25) is 15.4 Å². The molecule has 8 heteroatoms. The van der Waals surface area contributed by atoms with E-state index < -0.39 is 11.0 Å². The number of carbonyl (C=O) groups excluding carboxylic acids is 1. The fraction of sp³-hybridized carbons (Fsp3) is 0.316. The predicted molar refractivity (Wildman–Crippen MR) is 98.0 cm³/mol. The van der Waals surface area contributed by atoms with Gasteiger partial charge in [0.05, 0.1) is 11.0 Å². The molecular weight excluding hydrogens is 352 g/mol. The van der Waals surface area contributed by atoms with E-state index in [0.717, 1.165) is 19.3 Å². The molecule has 0 saturated heterocycles. The summed E-state index contributed by atoms with van der Waals surface area (Å²) in [4.78, 5) is 22.0. The van der Waals surface area contributed by atoms with Crippen molar-refractivity contribution in [2.75, 3.05) is 11.9 Å². The Morgan fingerprint density at radius 1 is 1.11 bits per heavy atom. The van der Waals surface area contributed by atoms with Gasteiger partial charge in [-0.25, -0.2) is 4.79 Å². The van der Waals surface area contributed by atoms with Gasteiger partial charge in [0.15, 0.2) is 0 Å². The quantitative estimate of drug-likeness (QED) is 0.590. The molecule has 1 amide bonds. The summed E-state index contributed by atoms with van der Waals surface area (Å²) < 4.78 is 11.0. The first-order valence-corrected chi connectivity index (χ1v) is 8.64. The molecule has 2 atom stereocenters. The lowest BCUT2D eigenvalue weighted by Crippen LogP contribution is -2.17. The first-order chi connectivity index (χ1) is 13.0. The maximum absolute atomic E-state index is 11.9. The Bertz CT molecular complexity index is 791. The van der Waals surface area contributed by atoms with Crippen LogP contribution in [-0.2, 0) is 0 Å². The molecule has 1 aliphatic carbocycles. The monoisotopic (exact) mass is 372 g/mol. The number of nitrogens with zero attached hydrogens (tertiary/aromatic N) is 1. The van der Waals surface area contributed by atoms with Crippen LogP contribution in [0.2, 0.25) is 0 Å². The van der Waals surface area contributed by atoms with Gasteiger partial charge in [-0.2, -0.15) is 0 Å². The van der Waals surface area contributed by atoms with Gasteiger partial charge in [0, 0.05) is 24.4 Å². The highest BCUT2D eigenvalue weighted by Crippen LogP contribution is 2.29. The minimum Gasteiger partial charge on any atom is -0.490 e. The maximum Gasteiger partial charge on any atom is 0.417 e. The molecule has 2 N–H and O–H groups in total. The summed E-state index contributed by atoms with van der Waals surface area (Å²) in [6, 6.07) is 12.2. The number of hydrogen-bond acceptors (Lipinski definition) is 6. The minimum atomic E-state index is -0.695. The van der Waals surface area contributed by atoms with Crippen molar-refractivity contribution in [2.45, 2.75) is 25.4 Å². The van der Waals surface area contributed by atoms with Gasteiger partial charge in [-0.15, -0.1) is 0 Å². The van der Waals surface area contributed by atoms with E-state index in [1.54, 1.807) is 24.3 Å². The first-order valence-electron chi connectivity index (χ1n) is 8.64. The van der Waals surface area contributed by atoms with Crippen LogP contribution in [0.5, 0.6) is 11.5 Å². The third-order valence-corrected chi connectivity index (χ3v) is 4.41. The lowest BCUT2D eigenvalue weighted by molar-refractivity contribution is -0.384. The number of nitro groups is 1. The second-order valence-corrected chi connectivity index (χ2v) is 6.39. The molecule has 1 saturated carbocycles.